The van der Waals surface area contributed by atoms with Crippen molar-refractivity contribution in [3.8, 4) is 0 Å². The summed E-state index contributed by atoms with van der Waals surface area (Å²) in [5, 5.41) is 0.729. The first-order valence-corrected chi connectivity index (χ1v) is 6.67. The SMILES string of the molecule is Nc1nc(Sc2ccc(Cl)c(Cl)c2)cc(C(F)(F)F)n1. The van der Waals surface area contributed by atoms with Crippen molar-refractivity contribution in [1.29, 1.82) is 0 Å². The molecular weight excluding hydrogens is 334 g/mol. The Morgan fingerprint density at radius 1 is 1.05 bits per heavy atom. The molecule has 2 rings (SSSR count). The lowest BCUT2D eigenvalue weighted by Crippen LogP contribution is -2.11. The minimum Gasteiger partial charge on any atom is -0.368 e. The minimum atomic E-state index is -4.58. The lowest BCUT2D eigenvalue weighted by molar-refractivity contribution is -0.141. The highest BCUT2D eigenvalue weighted by molar-refractivity contribution is 7.99. The van der Waals surface area contributed by atoms with Gasteiger partial charge in [-0.25, -0.2) is 9.97 Å². The maximum atomic E-state index is 12.6. The largest absolute Gasteiger partial charge is 0.433 e. The molecule has 0 aliphatic rings. The number of anilines is 1. The molecule has 9 heteroatoms. The quantitative estimate of drug-likeness (QED) is 0.816. The van der Waals surface area contributed by atoms with Gasteiger partial charge in [0.15, 0.2) is 5.69 Å². The van der Waals surface area contributed by atoms with Crippen LogP contribution in [0.2, 0.25) is 10.0 Å². The van der Waals surface area contributed by atoms with Gasteiger partial charge in [-0.05, 0) is 18.2 Å². The van der Waals surface area contributed by atoms with E-state index in [1.807, 2.05) is 0 Å². The summed E-state index contributed by atoms with van der Waals surface area (Å²) in [4.78, 5) is 7.50. The van der Waals surface area contributed by atoms with E-state index in [0.29, 0.717) is 14.9 Å². The van der Waals surface area contributed by atoms with Gasteiger partial charge in [-0.1, -0.05) is 35.0 Å². The zero-order valence-electron chi connectivity index (χ0n) is 9.58. The number of hydrogen-bond acceptors (Lipinski definition) is 4. The molecule has 1 aromatic heterocycles. The fourth-order valence-electron chi connectivity index (χ4n) is 1.30. The van der Waals surface area contributed by atoms with Crippen molar-refractivity contribution >= 4 is 40.9 Å². The van der Waals surface area contributed by atoms with Gasteiger partial charge >= 0.3 is 6.18 Å². The molecule has 0 spiro atoms. The Bertz CT molecular complexity index is 649. The molecule has 3 nitrogen and oxygen atoms in total. The van der Waals surface area contributed by atoms with E-state index < -0.39 is 17.8 Å². The van der Waals surface area contributed by atoms with Crippen molar-refractivity contribution in [2.24, 2.45) is 0 Å². The van der Waals surface area contributed by atoms with Crippen LogP contribution < -0.4 is 5.73 Å². The summed E-state index contributed by atoms with van der Waals surface area (Å²) in [5.41, 5.74) is 4.19. The maximum absolute atomic E-state index is 12.6. The maximum Gasteiger partial charge on any atom is 0.433 e. The summed E-state index contributed by atoms with van der Waals surface area (Å²) >= 11 is 12.6. The van der Waals surface area contributed by atoms with Crippen LogP contribution in [-0.4, -0.2) is 9.97 Å². The molecule has 0 saturated carbocycles. The van der Waals surface area contributed by atoms with Crippen molar-refractivity contribution in [3.63, 3.8) is 0 Å². The lowest BCUT2D eigenvalue weighted by Gasteiger charge is -2.08. The third kappa shape index (κ3) is 3.68. The van der Waals surface area contributed by atoms with Gasteiger partial charge in [0.2, 0.25) is 5.95 Å². The Balaban J connectivity index is 2.33. The van der Waals surface area contributed by atoms with Gasteiger partial charge < -0.3 is 5.73 Å². The standard InChI is InChI=1S/C11H6Cl2F3N3S/c12-6-2-1-5(3-7(6)13)20-9-4-8(11(14,15)16)18-10(17)19-9/h1-4H,(H2,17,18,19). The molecule has 0 aliphatic heterocycles. The predicted octanol–water partition coefficient (Wildman–Crippen LogP) is 4.54. The molecule has 0 radical (unpaired) electrons. The van der Waals surface area contributed by atoms with Crippen molar-refractivity contribution in [2.45, 2.75) is 16.1 Å². The third-order valence-electron chi connectivity index (χ3n) is 2.12. The van der Waals surface area contributed by atoms with E-state index in [1.165, 1.54) is 6.07 Å². The van der Waals surface area contributed by atoms with E-state index in [2.05, 4.69) is 9.97 Å². The number of hydrogen-bond donors (Lipinski definition) is 1. The molecule has 0 amide bonds. The van der Waals surface area contributed by atoms with Crippen LogP contribution in [0.15, 0.2) is 34.2 Å². The number of nitrogen functional groups attached to an aromatic ring is 1. The van der Waals surface area contributed by atoms with E-state index in [1.54, 1.807) is 12.1 Å². The number of halogens is 5. The number of nitrogens with two attached hydrogens (primary N) is 1. The van der Waals surface area contributed by atoms with Crippen LogP contribution >= 0.6 is 35.0 Å². The van der Waals surface area contributed by atoms with Crippen LogP contribution in [0, 0.1) is 0 Å². The molecule has 1 heterocycles. The van der Waals surface area contributed by atoms with Crippen LogP contribution in [0.1, 0.15) is 5.69 Å². The highest BCUT2D eigenvalue weighted by atomic mass is 35.5. The minimum absolute atomic E-state index is 0.0724. The van der Waals surface area contributed by atoms with E-state index in [4.69, 9.17) is 28.9 Å². The number of alkyl halides is 3. The van der Waals surface area contributed by atoms with Gasteiger partial charge in [0.1, 0.15) is 5.03 Å². The van der Waals surface area contributed by atoms with Crippen molar-refractivity contribution < 1.29 is 13.2 Å². The molecule has 0 unspecified atom stereocenters. The molecule has 0 atom stereocenters. The van der Waals surface area contributed by atoms with Crippen LogP contribution in [-0.2, 0) is 6.18 Å². The summed E-state index contributed by atoms with van der Waals surface area (Å²) < 4.78 is 37.8. The van der Waals surface area contributed by atoms with Crippen LogP contribution in [0.5, 0.6) is 0 Å². The zero-order chi connectivity index (χ0) is 14.9. The highest BCUT2D eigenvalue weighted by Crippen LogP contribution is 2.34. The Kier molecular flexibility index (Phi) is 4.31. The van der Waals surface area contributed by atoms with Gasteiger partial charge in [0.05, 0.1) is 10.0 Å². The second-order valence-electron chi connectivity index (χ2n) is 3.63. The molecular formula is C11H6Cl2F3N3S. The Hall–Kier alpha value is -1.18. The number of rotatable bonds is 2. The summed E-state index contributed by atoms with van der Waals surface area (Å²) in [6.07, 6.45) is -4.58. The van der Waals surface area contributed by atoms with Gasteiger partial charge in [0, 0.05) is 11.0 Å². The molecule has 2 aromatic rings. The normalized spacial score (nSPS) is 11.7. The van der Waals surface area contributed by atoms with Gasteiger partial charge in [0.25, 0.3) is 0 Å². The average Bonchev–Trinajstić information content (AvgIpc) is 2.32. The Labute approximate surface area is 126 Å². The average molecular weight is 340 g/mol. The third-order valence-corrected chi connectivity index (χ3v) is 3.77. The van der Waals surface area contributed by atoms with E-state index >= 15 is 0 Å². The second kappa shape index (κ2) is 5.67. The molecule has 20 heavy (non-hydrogen) atoms. The van der Waals surface area contributed by atoms with E-state index in [0.717, 1.165) is 17.8 Å². The van der Waals surface area contributed by atoms with E-state index in [-0.39, 0.29) is 5.03 Å². The van der Waals surface area contributed by atoms with Gasteiger partial charge in [-0.2, -0.15) is 13.2 Å². The lowest BCUT2D eigenvalue weighted by atomic mass is 10.4. The second-order valence-corrected chi connectivity index (χ2v) is 5.53. The predicted molar refractivity (Wildman–Crippen MR) is 72.0 cm³/mol. The van der Waals surface area contributed by atoms with Gasteiger partial charge in [-0.3, -0.25) is 0 Å². The fraction of sp³-hybridized carbons (Fsp3) is 0.0909. The number of benzene rings is 1. The Morgan fingerprint density at radius 2 is 1.75 bits per heavy atom. The summed E-state index contributed by atoms with van der Waals surface area (Å²) in [6.45, 7) is 0. The smallest absolute Gasteiger partial charge is 0.368 e. The first-order valence-electron chi connectivity index (χ1n) is 5.10. The molecule has 0 bridgehead atoms. The van der Waals surface area contributed by atoms with Gasteiger partial charge in [-0.15, -0.1) is 0 Å². The van der Waals surface area contributed by atoms with Crippen LogP contribution in [0.25, 0.3) is 0 Å². The topological polar surface area (TPSA) is 51.8 Å². The van der Waals surface area contributed by atoms with Crippen molar-refractivity contribution in [2.75, 3.05) is 5.73 Å². The first kappa shape index (κ1) is 15.2. The van der Waals surface area contributed by atoms with Crippen LogP contribution in [0.3, 0.4) is 0 Å². The number of aromatic nitrogens is 2. The summed E-state index contributed by atoms with van der Waals surface area (Å²) in [7, 11) is 0. The molecule has 0 fully saturated rings. The first-order chi connectivity index (χ1) is 9.25. The molecule has 106 valence electrons. The summed E-state index contributed by atoms with van der Waals surface area (Å²) in [6, 6.07) is 5.51. The van der Waals surface area contributed by atoms with Crippen molar-refractivity contribution in [3.05, 3.63) is 40.0 Å². The molecule has 0 saturated heterocycles. The monoisotopic (exact) mass is 339 g/mol. The molecule has 2 N–H and O–H groups in total. The van der Waals surface area contributed by atoms with E-state index in [9.17, 15) is 13.2 Å². The highest BCUT2D eigenvalue weighted by Gasteiger charge is 2.33. The Morgan fingerprint density at radius 3 is 2.35 bits per heavy atom. The van der Waals surface area contributed by atoms with Crippen LogP contribution in [0.4, 0.5) is 19.1 Å². The number of nitrogens with zero attached hydrogens (tertiary/aromatic N) is 2. The fourth-order valence-corrected chi connectivity index (χ4v) is 2.53. The zero-order valence-corrected chi connectivity index (χ0v) is 11.9. The molecule has 1 aromatic carbocycles. The van der Waals surface area contributed by atoms with Crippen molar-refractivity contribution in [1.82, 2.24) is 9.97 Å². The molecule has 0 aliphatic carbocycles. The summed E-state index contributed by atoms with van der Waals surface area (Å²) in [5.74, 6) is -0.442.